The Hall–Kier alpha value is -4.09. The van der Waals surface area contributed by atoms with Gasteiger partial charge in [-0.25, -0.2) is 5.84 Å². The first-order chi connectivity index (χ1) is 15.1. The molecule has 1 heterocycles. The van der Waals surface area contributed by atoms with E-state index in [1.807, 2.05) is 45.0 Å². The van der Waals surface area contributed by atoms with Crippen molar-refractivity contribution < 1.29 is 4.79 Å². The summed E-state index contributed by atoms with van der Waals surface area (Å²) in [6, 6.07) is 14.8. The van der Waals surface area contributed by atoms with Gasteiger partial charge in [0.05, 0.1) is 29.1 Å². The lowest BCUT2D eigenvalue weighted by molar-refractivity contribution is 0.102. The van der Waals surface area contributed by atoms with Gasteiger partial charge in [-0.2, -0.15) is 10.4 Å². The van der Waals surface area contributed by atoms with Crippen LogP contribution in [0.4, 0.5) is 11.4 Å². The maximum atomic E-state index is 12.9. The number of hydrazine groups is 1. The lowest BCUT2D eigenvalue weighted by atomic mass is 9.86. The van der Waals surface area contributed by atoms with E-state index >= 15 is 0 Å². The number of rotatable bonds is 6. The van der Waals surface area contributed by atoms with Crippen molar-refractivity contribution in [3.05, 3.63) is 83.3 Å². The molecule has 0 bridgehead atoms. The molecule has 2 aromatic carbocycles. The van der Waals surface area contributed by atoms with Crippen molar-refractivity contribution in [3.8, 4) is 6.07 Å². The van der Waals surface area contributed by atoms with Crippen LogP contribution in [0.5, 0.6) is 0 Å². The first kappa shape index (κ1) is 22.6. The summed E-state index contributed by atoms with van der Waals surface area (Å²) < 4.78 is 1.65. The maximum Gasteiger partial charge on any atom is 0.255 e. The van der Waals surface area contributed by atoms with E-state index in [0.717, 1.165) is 16.7 Å². The SMILES string of the molecule is Cc1ccc(C(=O)Nc2cccc(C(C)(C)C#N)c2)cc1N(N)/C=C(\N)c1cnn(C)c1. The van der Waals surface area contributed by atoms with Crippen molar-refractivity contribution in [1.82, 2.24) is 9.78 Å². The second-order valence-electron chi connectivity index (χ2n) is 8.17. The highest BCUT2D eigenvalue weighted by atomic mass is 16.1. The van der Waals surface area contributed by atoms with E-state index in [0.29, 0.717) is 22.6 Å². The van der Waals surface area contributed by atoms with E-state index in [9.17, 15) is 10.1 Å². The van der Waals surface area contributed by atoms with Crippen molar-refractivity contribution in [2.24, 2.45) is 18.6 Å². The number of amides is 1. The molecule has 164 valence electrons. The van der Waals surface area contributed by atoms with E-state index in [1.165, 1.54) is 5.01 Å². The topological polar surface area (TPSA) is 126 Å². The van der Waals surface area contributed by atoms with Gasteiger partial charge in [-0.05, 0) is 56.2 Å². The Balaban J connectivity index is 1.83. The minimum Gasteiger partial charge on any atom is -0.397 e. The smallest absolute Gasteiger partial charge is 0.255 e. The standard InChI is InChI=1S/C24H27N7O/c1-16-8-9-17(10-22(16)31(27)14-21(26)18-12-28-30(4)13-18)23(32)29-20-7-5-6-19(11-20)24(2,3)15-25/h5-14H,26-27H2,1-4H3,(H,29,32)/b21-14-. The summed E-state index contributed by atoms with van der Waals surface area (Å²) >= 11 is 0. The Morgan fingerprint density at radius 1 is 1.25 bits per heavy atom. The Labute approximate surface area is 187 Å². The van der Waals surface area contributed by atoms with Crippen LogP contribution in [-0.4, -0.2) is 15.7 Å². The molecule has 0 aliphatic heterocycles. The van der Waals surface area contributed by atoms with E-state index in [2.05, 4.69) is 16.5 Å². The number of nitrogens with zero attached hydrogens (tertiary/aromatic N) is 4. The Bertz CT molecular complexity index is 1220. The molecule has 0 fully saturated rings. The van der Waals surface area contributed by atoms with Gasteiger partial charge in [0.25, 0.3) is 5.91 Å². The maximum absolute atomic E-state index is 12.9. The zero-order valence-electron chi connectivity index (χ0n) is 18.6. The highest BCUT2D eigenvalue weighted by Crippen LogP contribution is 2.26. The van der Waals surface area contributed by atoms with Crippen LogP contribution in [0.15, 0.2) is 61.1 Å². The van der Waals surface area contributed by atoms with Gasteiger partial charge in [0.1, 0.15) is 0 Å². The monoisotopic (exact) mass is 429 g/mol. The fourth-order valence-corrected chi connectivity index (χ4v) is 3.15. The second kappa shape index (κ2) is 8.96. The number of hydrogen-bond acceptors (Lipinski definition) is 6. The van der Waals surface area contributed by atoms with Crippen molar-refractivity contribution in [3.63, 3.8) is 0 Å². The molecular formula is C24H27N7O. The van der Waals surface area contributed by atoms with Crippen molar-refractivity contribution in [1.29, 1.82) is 5.26 Å². The van der Waals surface area contributed by atoms with Gasteiger partial charge < -0.3 is 11.1 Å². The van der Waals surface area contributed by atoms with Gasteiger partial charge in [0.15, 0.2) is 0 Å². The molecule has 0 saturated carbocycles. The Morgan fingerprint density at radius 2 is 2.00 bits per heavy atom. The summed E-state index contributed by atoms with van der Waals surface area (Å²) in [6.45, 7) is 5.57. The number of nitrogens with two attached hydrogens (primary N) is 2. The molecule has 0 aliphatic rings. The van der Waals surface area contributed by atoms with Crippen LogP contribution in [0.25, 0.3) is 5.70 Å². The molecule has 8 heteroatoms. The lowest BCUT2D eigenvalue weighted by Crippen LogP contribution is -2.27. The molecule has 32 heavy (non-hydrogen) atoms. The number of anilines is 2. The zero-order chi connectivity index (χ0) is 23.5. The third-order valence-corrected chi connectivity index (χ3v) is 5.19. The van der Waals surface area contributed by atoms with Crippen LogP contribution in [0, 0.1) is 18.3 Å². The Kier molecular flexibility index (Phi) is 6.32. The number of nitrogens with one attached hydrogen (secondary N) is 1. The molecule has 3 rings (SSSR count). The van der Waals surface area contributed by atoms with Gasteiger partial charge in [0, 0.05) is 36.3 Å². The third kappa shape index (κ3) is 4.96. The molecule has 1 amide bonds. The predicted octanol–water partition coefficient (Wildman–Crippen LogP) is 3.42. The number of hydrogen-bond donors (Lipinski definition) is 3. The summed E-state index contributed by atoms with van der Waals surface area (Å²) in [6.07, 6.45) is 5.03. The largest absolute Gasteiger partial charge is 0.397 e. The number of nitriles is 1. The number of aromatic nitrogens is 2. The first-order valence-corrected chi connectivity index (χ1v) is 10.0. The fourth-order valence-electron chi connectivity index (χ4n) is 3.15. The van der Waals surface area contributed by atoms with Crippen molar-refractivity contribution in [2.45, 2.75) is 26.2 Å². The third-order valence-electron chi connectivity index (χ3n) is 5.19. The molecule has 3 aromatic rings. The molecule has 0 aliphatic carbocycles. The van der Waals surface area contributed by atoms with Crippen LogP contribution >= 0.6 is 0 Å². The highest BCUT2D eigenvalue weighted by molar-refractivity contribution is 6.05. The van der Waals surface area contributed by atoms with Crippen molar-refractivity contribution in [2.75, 3.05) is 10.3 Å². The first-order valence-electron chi connectivity index (χ1n) is 10.0. The van der Waals surface area contributed by atoms with E-state index in [1.54, 1.807) is 48.5 Å². The molecule has 0 unspecified atom stereocenters. The zero-order valence-corrected chi connectivity index (χ0v) is 18.6. The normalized spacial score (nSPS) is 11.7. The van der Waals surface area contributed by atoms with Gasteiger partial charge in [0.2, 0.25) is 0 Å². The van der Waals surface area contributed by atoms with Gasteiger partial charge in [-0.1, -0.05) is 18.2 Å². The van der Waals surface area contributed by atoms with Gasteiger partial charge in [-0.15, -0.1) is 0 Å². The quantitative estimate of drug-likeness (QED) is 0.407. The van der Waals surface area contributed by atoms with Crippen LogP contribution in [0.3, 0.4) is 0 Å². The minimum atomic E-state index is -0.654. The molecule has 0 atom stereocenters. The number of aryl methyl sites for hydroxylation is 2. The lowest BCUT2D eigenvalue weighted by Gasteiger charge is -2.19. The van der Waals surface area contributed by atoms with Gasteiger partial charge >= 0.3 is 0 Å². The van der Waals surface area contributed by atoms with Crippen LogP contribution < -0.4 is 21.9 Å². The summed E-state index contributed by atoms with van der Waals surface area (Å²) in [5, 5.41) is 17.8. The summed E-state index contributed by atoms with van der Waals surface area (Å²) in [5.74, 6) is 5.95. The summed E-state index contributed by atoms with van der Waals surface area (Å²) in [5.41, 5.74) is 10.1. The van der Waals surface area contributed by atoms with Crippen molar-refractivity contribution >= 4 is 23.0 Å². The minimum absolute atomic E-state index is 0.282. The number of benzene rings is 2. The average Bonchev–Trinajstić information content (AvgIpc) is 3.20. The number of carbonyl (C=O) groups is 1. The van der Waals surface area contributed by atoms with E-state index in [-0.39, 0.29) is 5.91 Å². The predicted molar refractivity (Wildman–Crippen MR) is 126 cm³/mol. The van der Waals surface area contributed by atoms with Crippen LogP contribution in [0.1, 0.15) is 40.9 Å². The molecule has 0 radical (unpaired) electrons. The molecular weight excluding hydrogens is 402 g/mol. The van der Waals surface area contributed by atoms with Gasteiger partial charge in [-0.3, -0.25) is 14.5 Å². The average molecular weight is 430 g/mol. The number of carbonyl (C=O) groups excluding carboxylic acids is 1. The van der Waals surface area contributed by atoms with Crippen LogP contribution in [-0.2, 0) is 12.5 Å². The second-order valence-corrected chi connectivity index (χ2v) is 8.17. The molecule has 0 spiro atoms. The Morgan fingerprint density at radius 3 is 2.66 bits per heavy atom. The fraction of sp³-hybridized carbons (Fsp3) is 0.208. The highest BCUT2D eigenvalue weighted by Gasteiger charge is 2.20. The molecule has 0 saturated heterocycles. The molecule has 1 aromatic heterocycles. The summed E-state index contributed by atoms with van der Waals surface area (Å²) in [7, 11) is 1.81. The molecule has 5 N–H and O–H groups in total. The van der Waals surface area contributed by atoms with E-state index in [4.69, 9.17) is 11.6 Å². The summed E-state index contributed by atoms with van der Waals surface area (Å²) in [4.78, 5) is 12.9. The molecule has 8 nitrogen and oxygen atoms in total. The van der Waals surface area contributed by atoms with Crippen LogP contribution in [0.2, 0.25) is 0 Å². The van der Waals surface area contributed by atoms with E-state index < -0.39 is 5.41 Å².